The molecule has 1 aromatic rings. The van der Waals surface area contributed by atoms with Gasteiger partial charge in [-0.15, -0.1) is 11.3 Å². The summed E-state index contributed by atoms with van der Waals surface area (Å²) in [6.07, 6.45) is 1.17. The van der Waals surface area contributed by atoms with Gasteiger partial charge in [0, 0.05) is 24.0 Å². The molecule has 1 atom stereocenters. The lowest BCUT2D eigenvalue weighted by atomic mass is 10.2. The first-order chi connectivity index (χ1) is 11.7. The van der Waals surface area contributed by atoms with Gasteiger partial charge in [-0.1, -0.05) is 20.8 Å². The fraction of sp³-hybridized carbons (Fsp3) is 0.750. The molecule has 6 nitrogen and oxygen atoms in total. The summed E-state index contributed by atoms with van der Waals surface area (Å²) in [6.45, 7) is 8.67. The maximum atomic E-state index is 13.2. The van der Waals surface area contributed by atoms with Gasteiger partial charge in [0.1, 0.15) is 4.21 Å². The van der Waals surface area contributed by atoms with Crippen molar-refractivity contribution in [1.29, 1.82) is 0 Å². The standard InChI is InChI=1S/C16H28N2O4S3/c1-4-15-7-8-16(23-15)25(21,22)18(11-10-17(5-2)6-3)14-9-12-24(19,20)13-14/h7-8,14H,4-6,9-13H2,1-3H3. The molecule has 0 spiro atoms. The summed E-state index contributed by atoms with van der Waals surface area (Å²) < 4.78 is 51.8. The van der Waals surface area contributed by atoms with Gasteiger partial charge in [0.2, 0.25) is 0 Å². The Balaban J connectivity index is 2.29. The molecule has 0 amide bonds. The monoisotopic (exact) mass is 408 g/mol. The van der Waals surface area contributed by atoms with Gasteiger partial charge >= 0.3 is 0 Å². The zero-order chi connectivity index (χ0) is 18.7. The molecule has 1 fully saturated rings. The predicted molar refractivity (Wildman–Crippen MR) is 102 cm³/mol. The number of thiophene rings is 1. The molecule has 1 saturated heterocycles. The van der Waals surface area contributed by atoms with Crippen LogP contribution in [0, 0.1) is 0 Å². The summed E-state index contributed by atoms with van der Waals surface area (Å²) in [6, 6.07) is 3.02. The Morgan fingerprint density at radius 1 is 1.16 bits per heavy atom. The highest BCUT2D eigenvalue weighted by atomic mass is 32.2. The summed E-state index contributed by atoms with van der Waals surface area (Å²) in [7, 11) is -6.82. The Morgan fingerprint density at radius 3 is 2.32 bits per heavy atom. The van der Waals surface area contributed by atoms with Gasteiger partial charge in [0.05, 0.1) is 11.5 Å². The summed E-state index contributed by atoms with van der Waals surface area (Å²) in [5, 5.41) is 0. The van der Waals surface area contributed by atoms with Crippen molar-refractivity contribution in [2.45, 2.75) is 43.9 Å². The first-order valence-electron chi connectivity index (χ1n) is 8.76. The number of sulfone groups is 1. The van der Waals surface area contributed by atoms with E-state index < -0.39 is 25.9 Å². The van der Waals surface area contributed by atoms with Crippen LogP contribution in [0.25, 0.3) is 0 Å². The van der Waals surface area contributed by atoms with E-state index in [0.29, 0.717) is 23.7 Å². The van der Waals surface area contributed by atoms with Crippen LogP contribution in [0.15, 0.2) is 16.3 Å². The molecular weight excluding hydrogens is 380 g/mol. The van der Waals surface area contributed by atoms with Crippen molar-refractivity contribution >= 4 is 31.2 Å². The minimum absolute atomic E-state index is 0.0691. The smallest absolute Gasteiger partial charge is 0.252 e. The van der Waals surface area contributed by atoms with Crippen molar-refractivity contribution < 1.29 is 16.8 Å². The maximum absolute atomic E-state index is 13.2. The van der Waals surface area contributed by atoms with E-state index >= 15 is 0 Å². The van der Waals surface area contributed by atoms with Crippen molar-refractivity contribution in [2.24, 2.45) is 0 Å². The first-order valence-corrected chi connectivity index (χ1v) is 12.8. The normalized spacial score (nSPS) is 20.6. The minimum atomic E-state index is -3.68. The van der Waals surface area contributed by atoms with Crippen LogP contribution in [-0.4, -0.2) is 69.8 Å². The number of rotatable bonds is 9. The van der Waals surface area contributed by atoms with Crippen LogP contribution in [0.1, 0.15) is 32.1 Å². The average Bonchev–Trinajstić information content (AvgIpc) is 3.18. The molecule has 2 rings (SSSR count). The van der Waals surface area contributed by atoms with E-state index in [1.807, 2.05) is 26.8 Å². The van der Waals surface area contributed by atoms with Gasteiger partial charge in [-0.3, -0.25) is 0 Å². The summed E-state index contributed by atoms with van der Waals surface area (Å²) in [4.78, 5) is 3.17. The van der Waals surface area contributed by atoms with Crippen molar-refractivity contribution in [3.63, 3.8) is 0 Å². The van der Waals surface area contributed by atoms with Gasteiger partial charge in [0.25, 0.3) is 10.0 Å². The topological polar surface area (TPSA) is 74.8 Å². The molecule has 0 aromatic carbocycles. The van der Waals surface area contributed by atoms with E-state index in [2.05, 4.69) is 4.90 Å². The first kappa shape index (κ1) is 20.8. The molecule has 0 bridgehead atoms. The van der Waals surface area contributed by atoms with Gasteiger partial charge < -0.3 is 4.90 Å². The van der Waals surface area contributed by atoms with E-state index in [9.17, 15) is 16.8 Å². The minimum Gasteiger partial charge on any atom is -0.303 e. The van der Waals surface area contributed by atoms with Crippen LogP contribution in [-0.2, 0) is 26.3 Å². The Hall–Kier alpha value is -0.480. The Bertz CT molecular complexity index is 767. The lowest BCUT2D eigenvalue weighted by molar-refractivity contribution is 0.251. The Labute approximate surface area is 155 Å². The summed E-state index contributed by atoms with van der Waals surface area (Å²) >= 11 is 1.28. The molecule has 9 heteroatoms. The Morgan fingerprint density at radius 2 is 1.84 bits per heavy atom. The highest BCUT2D eigenvalue weighted by Crippen LogP contribution is 2.29. The molecule has 1 aromatic heterocycles. The van der Waals surface area contributed by atoms with Gasteiger partial charge in [-0.25, -0.2) is 16.8 Å². The third-order valence-corrected chi connectivity index (χ3v) is 10.1. The number of likely N-dealkylation sites (N-methyl/N-ethyl adjacent to an activating group) is 1. The predicted octanol–water partition coefficient (Wildman–Crippen LogP) is 1.83. The molecule has 0 saturated carbocycles. The largest absolute Gasteiger partial charge is 0.303 e. The highest BCUT2D eigenvalue weighted by molar-refractivity contribution is 7.92. The van der Waals surface area contributed by atoms with Crippen LogP contribution >= 0.6 is 11.3 Å². The number of hydrogen-bond acceptors (Lipinski definition) is 6. The van der Waals surface area contributed by atoms with Gasteiger partial charge in [-0.05, 0) is 38.1 Å². The van der Waals surface area contributed by atoms with E-state index in [1.54, 1.807) is 6.07 Å². The van der Waals surface area contributed by atoms with Crippen molar-refractivity contribution in [2.75, 3.05) is 37.7 Å². The second-order valence-electron chi connectivity index (χ2n) is 6.27. The third-order valence-electron chi connectivity index (χ3n) is 4.70. The molecule has 25 heavy (non-hydrogen) atoms. The maximum Gasteiger partial charge on any atom is 0.252 e. The van der Waals surface area contributed by atoms with E-state index in [-0.39, 0.29) is 11.5 Å². The molecule has 2 heterocycles. The zero-order valence-electron chi connectivity index (χ0n) is 15.1. The quantitative estimate of drug-likeness (QED) is 0.623. The molecule has 0 radical (unpaired) electrons. The fourth-order valence-corrected chi connectivity index (χ4v) is 7.98. The van der Waals surface area contributed by atoms with E-state index in [4.69, 9.17) is 0 Å². The van der Waals surface area contributed by atoms with E-state index in [1.165, 1.54) is 15.6 Å². The molecule has 0 aliphatic carbocycles. The fourth-order valence-electron chi connectivity index (χ4n) is 3.08. The van der Waals surface area contributed by atoms with Crippen LogP contribution in [0.2, 0.25) is 0 Å². The second kappa shape index (κ2) is 8.47. The molecule has 0 N–H and O–H groups in total. The van der Waals surface area contributed by atoms with E-state index in [0.717, 1.165) is 24.4 Å². The van der Waals surface area contributed by atoms with Gasteiger partial charge in [-0.2, -0.15) is 4.31 Å². The summed E-state index contributed by atoms with van der Waals surface area (Å²) in [5.41, 5.74) is 0. The van der Waals surface area contributed by atoms with Gasteiger partial charge in [0.15, 0.2) is 9.84 Å². The molecule has 1 unspecified atom stereocenters. The number of nitrogens with zero attached hydrogens (tertiary/aromatic N) is 2. The molecule has 1 aliphatic heterocycles. The number of aryl methyl sites for hydroxylation is 1. The van der Waals surface area contributed by atoms with Crippen molar-refractivity contribution in [3.05, 3.63) is 17.0 Å². The van der Waals surface area contributed by atoms with Crippen molar-refractivity contribution in [1.82, 2.24) is 9.21 Å². The molecular formula is C16H28N2O4S3. The van der Waals surface area contributed by atoms with Crippen LogP contribution in [0.4, 0.5) is 0 Å². The molecule has 144 valence electrons. The van der Waals surface area contributed by atoms with Crippen LogP contribution < -0.4 is 0 Å². The van der Waals surface area contributed by atoms with Crippen LogP contribution in [0.3, 0.4) is 0 Å². The SMILES string of the molecule is CCc1ccc(S(=O)(=O)N(CCN(CC)CC)C2CCS(=O)(=O)C2)s1. The average molecular weight is 409 g/mol. The lowest BCUT2D eigenvalue weighted by Gasteiger charge is -2.29. The summed E-state index contributed by atoms with van der Waals surface area (Å²) in [5.74, 6) is -0.00387. The lowest BCUT2D eigenvalue weighted by Crippen LogP contribution is -2.45. The highest BCUT2D eigenvalue weighted by Gasteiger charge is 2.39. The third kappa shape index (κ3) is 5.03. The number of hydrogen-bond donors (Lipinski definition) is 0. The van der Waals surface area contributed by atoms with Crippen molar-refractivity contribution in [3.8, 4) is 0 Å². The number of sulfonamides is 1. The Kier molecular flexibility index (Phi) is 7.06. The van der Waals surface area contributed by atoms with Crippen LogP contribution in [0.5, 0.6) is 0 Å². The molecule has 1 aliphatic rings. The second-order valence-corrected chi connectivity index (χ2v) is 11.8. The zero-order valence-corrected chi connectivity index (χ0v) is 17.6.